The van der Waals surface area contributed by atoms with E-state index in [0.29, 0.717) is 16.3 Å². The molecule has 0 spiro atoms. The predicted octanol–water partition coefficient (Wildman–Crippen LogP) is 3.22. The fourth-order valence-electron chi connectivity index (χ4n) is 2.54. The van der Waals surface area contributed by atoms with Crippen molar-refractivity contribution in [1.29, 1.82) is 0 Å². The number of nitrogens with one attached hydrogen (secondary N) is 1. The van der Waals surface area contributed by atoms with Gasteiger partial charge in [0.1, 0.15) is 17.6 Å². The highest BCUT2D eigenvalue weighted by atomic mass is 35.5. The van der Waals surface area contributed by atoms with Crippen molar-refractivity contribution >= 4 is 52.3 Å². The van der Waals surface area contributed by atoms with Crippen LogP contribution in [0.5, 0.6) is 5.75 Å². The van der Waals surface area contributed by atoms with Crippen LogP contribution in [0.25, 0.3) is 0 Å². The molecule has 2 N–H and O–H groups in total. The van der Waals surface area contributed by atoms with E-state index in [-0.39, 0.29) is 23.9 Å². The Morgan fingerprint density at radius 1 is 1.35 bits per heavy atom. The van der Waals surface area contributed by atoms with Gasteiger partial charge in [-0.1, -0.05) is 41.6 Å². The summed E-state index contributed by atoms with van der Waals surface area (Å²) in [7, 11) is 0. The van der Waals surface area contributed by atoms with Crippen LogP contribution in [0, 0.1) is 10.1 Å². The van der Waals surface area contributed by atoms with Gasteiger partial charge in [0, 0.05) is 28.3 Å². The third-order valence-corrected chi connectivity index (χ3v) is 5.47. The Balaban J connectivity index is 1.77. The molecule has 1 heterocycles. The summed E-state index contributed by atoms with van der Waals surface area (Å²) >= 11 is 7.07. The zero-order valence-corrected chi connectivity index (χ0v) is 17.3. The first-order chi connectivity index (χ1) is 14.8. The zero-order valence-electron chi connectivity index (χ0n) is 15.7. The maximum absolute atomic E-state index is 11.7. The molecule has 1 atom stereocenters. The molecule has 1 saturated heterocycles. The number of carboxylic acid groups (broad SMARTS) is 1. The Bertz CT molecular complexity index is 1090. The molecule has 2 aromatic rings. The number of amides is 1. The van der Waals surface area contributed by atoms with Crippen LogP contribution in [0.15, 0.2) is 52.7 Å². The number of halogens is 1. The molecule has 0 radical (unpaired) electrons. The van der Waals surface area contributed by atoms with Crippen molar-refractivity contribution in [3.8, 4) is 5.75 Å². The lowest BCUT2D eigenvalue weighted by Crippen LogP contribution is -2.26. The van der Waals surface area contributed by atoms with Crippen molar-refractivity contribution < 1.29 is 24.4 Å². The molecule has 0 aromatic heterocycles. The predicted molar refractivity (Wildman–Crippen MR) is 116 cm³/mol. The second-order valence-electron chi connectivity index (χ2n) is 6.20. The third kappa shape index (κ3) is 6.03. The van der Waals surface area contributed by atoms with Crippen LogP contribution < -0.4 is 10.1 Å². The maximum Gasteiger partial charge on any atom is 0.305 e. The number of ether oxygens (including phenoxy) is 1. The monoisotopic (exact) mass is 462 g/mol. The summed E-state index contributed by atoms with van der Waals surface area (Å²) in [4.78, 5) is 33.1. The molecule has 2 aromatic carbocycles. The van der Waals surface area contributed by atoms with Gasteiger partial charge < -0.3 is 15.2 Å². The number of benzene rings is 2. The molecule has 1 aliphatic heterocycles. The lowest BCUT2D eigenvalue weighted by molar-refractivity contribution is -0.384. The Morgan fingerprint density at radius 2 is 2.13 bits per heavy atom. The number of amidine groups is 1. The Hall–Kier alpha value is -3.44. The fourth-order valence-corrected chi connectivity index (χ4v) is 3.65. The topological polar surface area (TPSA) is 143 Å². The minimum atomic E-state index is -1.10. The van der Waals surface area contributed by atoms with Crippen LogP contribution in [-0.4, -0.2) is 38.5 Å². The summed E-state index contributed by atoms with van der Waals surface area (Å²) in [5.74, 6) is -1.25. The number of carboxylic acids is 1. The van der Waals surface area contributed by atoms with E-state index in [9.17, 15) is 19.7 Å². The van der Waals surface area contributed by atoms with Gasteiger partial charge in [-0.05, 0) is 12.1 Å². The van der Waals surface area contributed by atoms with Crippen molar-refractivity contribution in [3.05, 3.63) is 68.7 Å². The van der Waals surface area contributed by atoms with Gasteiger partial charge in [0.2, 0.25) is 5.91 Å². The van der Waals surface area contributed by atoms with Crippen molar-refractivity contribution in [2.45, 2.75) is 18.3 Å². The first-order valence-electron chi connectivity index (χ1n) is 8.78. The lowest BCUT2D eigenvalue weighted by Gasteiger charge is -2.10. The van der Waals surface area contributed by atoms with Crippen LogP contribution in [0.4, 0.5) is 5.69 Å². The fraction of sp³-hybridized carbons (Fsp3) is 0.158. The van der Waals surface area contributed by atoms with Crippen molar-refractivity contribution in [2.24, 2.45) is 10.2 Å². The van der Waals surface area contributed by atoms with Gasteiger partial charge in [-0.3, -0.25) is 19.7 Å². The SMILES string of the molecule is O=C(O)C[C@@H]1SC(=NN=Cc2cc([N+](=O)[O-])ccc2OCc2ccccc2Cl)NC1=O. The lowest BCUT2D eigenvalue weighted by atomic mass is 10.2. The summed E-state index contributed by atoms with van der Waals surface area (Å²) in [5.41, 5.74) is 0.867. The quantitative estimate of drug-likeness (QED) is 0.348. The number of hydrogen-bond acceptors (Lipinski definition) is 8. The van der Waals surface area contributed by atoms with Gasteiger partial charge in [0.15, 0.2) is 5.17 Å². The highest BCUT2D eigenvalue weighted by Crippen LogP contribution is 2.26. The molecule has 1 amide bonds. The molecule has 3 rings (SSSR count). The van der Waals surface area contributed by atoms with Crippen LogP contribution in [0.1, 0.15) is 17.5 Å². The highest BCUT2D eigenvalue weighted by Gasteiger charge is 2.32. The Morgan fingerprint density at radius 3 is 2.84 bits per heavy atom. The summed E-state index contributed by atoms with van der Waals surface area (Å²) in [6.07, 6.45) is 0.906. The Labute approximate surface area is 185 Å². The van der Waals surface area contributed by atoms with Crippen LogP contribution in [0.2, 0.25) is 5.02 Å². The van der Waals surface area contributed by atoms with Crippen molar-refractivity contribution in [2.75, 3.05) is 0 Å². The minimum Gasteiger partial charge on any atom is -0.488 e. The number of nitro groups is 1. The van der Waals surface area contributed by atoms with E-state index in [1.807, 2.05) is 6.07 Å². The number of nitrogens with zero attached hydrogens (tertiary/aromatic N) is 3. The van der Waals surface area contributed by atoms with Gasteiger partial charge in [-0.2, -0.15) is 5.10 Å². The largest absolute Gasteiger partial charge is 0.488 e. The zero-order chi connectivity index (χ0) is 22.4. The summed E-state index contributed by atoms with van der Waals surface area (Å²) in [6.45, 7) is 0.135. The molecule has 10 nitrogen and oxygen atoms in total. The van der Waals surface area contributed by atoms with Gasteiger partial charge in [-0.15, -0.1) is 5.10 Å². The van der Waals surface area contributed by atoms with Crippen molar-refractivity contribution in [3.63, 3.8) is 0 Å². The highest BCUT2D eigenvalue weighted by molar-refractivity contribution is 8.15. The standard InChI is InChI=1S/C19H15ClN4O6S/c20-14-4-2-1-3-11(14)10-30-15-6-5-13(24(28)29)7-12(15)9-21-23-19-22-18(27)16(31-19)8-17(25)26/h1-7,9,16H,8,10H2,(H,25,26)(H,22,23,27)/t16-/m0/s1. The average molecular weight is 463 g/mol. The molecule has 31 heavy (non-hydrogen) atoms. The van der Waals surface area contributed by atoms with E-state index in [1.165, 1.54) is 24.4 Å². The second kappa shape index (κ2) is 10.0. The normalized spacial score (nSPS) is 17.1. The second-order valence-corrected chi connectivity index (χ2v) is 7.80. The summed E-state index contributed by atoms with van der Waals surface area (Å²) in [5, 5.41) is 29.9. The van der Waals surface area contributed by atoms with Crippen molar-refractivity contribution in [1.82, 2.24) is 5.32 Å². The summed E-state index contributed by atoms with van der Waals surface area (Å²) < 4.78 is 5.75. The molecular formula is C19H15ClN4O6S. The summed E-state index contributed by atoms with van der Waals surface area (Å²) in [6, 6.07) is 11.1. The first kappa shape index (κ1) is 22.2. The van der Waals surface area contributed by atoms with E-state index in [4.69, 9.17) is 21.4 Å². The molecule has 1 aliphatic rings. The van der Waals surface area contributed by atoms with Gasteiger partial charge in [0.05, 0.1) is 17.6 Å². The van der Waals surface area contributed by atoms with E-state index in [2.05, 4.69) is 15.5 Å². The molecule has 160 valence electrons. The number of aliphatic carboxylic acids is 1. The van der Waals surface area contributed by atoms with E-state index in [1.54, 1.807) is 18.2 Å². The third-order valence-electron chi connectivity index (χ3n) is 4.03. The molecule has 1 fully saturated rings. The number of hydrogen-bond donors (Lipinski definition) is 2. The van der Waals surface area contributed by atoms with E-state index in [0.717, 1.165) is 17.3 Å². The number of thioether (sulfide) groups is 1. The smallest absolute Gasteiger partial charge is 0.305 e. The number of carbonyl (C=O) groups excluding carboxylic acids is 1. The van der Waals surface area contributed by atoms with E-state index < -0.39 is 22.0 Å². The first-order valence-corrected chi connectivity index (χ1v) is 10.0. The van der Waals surface area contributed by atoms with Crippen LogP contribution >= 0.6 is 23.4 Å². The molecule has 0 bridgehead atoms. The molecular weight excluding hydrogens is 448 g/mol. The van der Waals surface area contributed by atoms with Gasteiger partial charge in [-0.25, -0.2) is 0 Å². The minimum absolute atomic E-state index is 0.135. The number of nitro benzene ring substituents is 1. The molecule has 0 unspecified atom stereocenters. The number of rotatable bonds is 8. The molecule has 0 aliphatic carbocycles. The van der Waals surface area contributed by atoms with Crippen LogP contribution in [-0.2, 0) is 16.2 Å². The van der Waals surface area contributed by atoms with Gasteiger partial charge in [0.25, 0.3) is 5.69 Å². The molecule has 0 saturated carbocycles. The average Bonchev–Trinajstić information content (AvgIpc) is 3.06. The van der Waals surface area contributed by atoms with Crippen LogP contribution in [0.3, 0.4) is 0 Å². The Kier molecular flexibility index (Phi) is 7.21. The number of carbonyl (C=O) groups is 2. The number of non-ortho nitro benzene ring substituents is 1. The molecule has 12 heteroatoms. The van der Waals surface area contributed by atoms with Gasteiger partial charge >= 0.3 is 5.97 Å². The maximum atomic E-state index is 11.7. The van der Waals surface area contributed by atoms with E-state index >= 15 is 0 Å².